The van der Waals surface area contributed by atoms with Gasteiger partial charge in [-0.05, 0) is 36.8 Å². The second kappa shape index (κ2) is 7.28. The summed E-state index contributed by atoms with van der Waals surface area (Å²) >= 11 is 0. The van der Waals surface area contributed by atoms with E-state index in [4.69, 9.17) is 0 Å². The summed E-state index contributed by atoms with van der Waals surface area (Å²) in [5.41, 5.74) is 2.83. The fourth-order valence-corrected chi connectivity index (χ4v) is 3.94. The molecule has 1 N–H and O–H groups in total. The zero-order chi connectivity index (χ0) is 15.4. The van der Waals surface area contributed by atoms with Gasteiger partial charge in [0, 0.05) is 19.1 Å². The molecule has 2 aliphatic rings. The van der Waals surface area contributed by atoms with E-state index in [1.807, 2.05) is 0 Å². The first-order valence-corrected chi connectivity index (χ1v) is 8.89. The molecule has 22 heavy (non-hydrogen) atoms. The molecule has 0 spiro atoms. The summed E-state index contributed by atoms with van der Waals surface area (Å²) in [6, 6.07) is 9.07. The molecule has 1 unspecified atom stereocenters. The van der Waals surface area contributed by atoms with Gasteiger partial charge in [0.05, 0.1) is 6.04 Å². The number of nitrogens with one attached hydrogen (secondary N) is 1. The van der Waals surface area contributed by atoms with Crippen LogP contribution in [0.15, 0.2) is 24.3 Å². The van der Waals surface area contributed by atoms with Crippen LogP contribution >= 0.6 is 0 Å². The highest BCUT2D eigenvalue weighted by atomic mass is 16.2. The minimum atomic E-state index is 0.0234. The number of carbonyl (C=O) groups excluding carboxylic acids is 1. The van der Waals surface area contributed by atoms with E-state index in [9.17, 15) is 4.79 Å². The largest absolute Gasteiger partial charge is 0.352 e. The molecule has 3 rings (SSSR count). The van der Waals surface area contributed by atoms with E-state index in [0.29, 0.717) is 6.04 Å². The van der Waals surface area contributed by atoms with Crippen LogP contribution in [0.4, 0.5) is 0 Å². The van der Waals surface area contributed by atoms with Gasteiger partial charge in [-0.15, -0.1) is 0 Å². The number of amides is 1. The van der Waals surface area contributed by atoms with Gasteiger partial charge < -0.3 is 5.32 Å². The van der Waals surface area contributed by atoms with Crippen molar-refractivity contribution < 1.29 is 4.79 Å². The van der Waals surface area contributed by atoms with Gasteiger partial charge in [0.2, 0.25) is 5.91 Å². The lowest BCUT2D eigenvalue weighted by Gasteiger charge is -2.35. The minimum Gasteiger partial charge on any atom is -0.352 e. The molecule has 1 heterocycles. The van der Waals surface area contributed by atoms with E-state index in [0.717, 1.165) is 38.8 Å². The van der Waals surface area contributed by atoms with Crippen molar-refractivity contribution in [2.24, 2.45) is 0 Å². The lowest BCUT2D eigenvalue weighted by Crippen LogP contribution is -2.51. The molecular weight excluding hydrogens is 272 g/mol. The van der Waals surface area contributed by atoms with E-state index >= 15 is 0 Å². The Balaban J connectivity index is 1.62. The second-order valence-electron chi connectivity index (χ2n) is 6.76. The Hall–Kier alpha value is -1.35. The first-order valence-electron chi connectivity index (χ1n) is 8.89. The van der Waals surface area contributed by atoms with E-state index in [1.165, 1.54) is 30.4 Å². The molecule has 1 atom stereocenters. The Bertz CT molecular complexity index is 508. The molecular formula is C19H28N2O. The molecule has 0 bridgehead atoms. The first kappa shape index (κ1) is 15.5. The molecule has 1 aliphatic carbocycles. The van der Waals surface area contributed by atoms with Crippen LogP contribution < -0.4 is 5.32 Å². The summed E-state index contributed by atoms with van der Waals surface area (Å²) in [5.74, 6) is 0.244. The third-order valence-corrected chi connectivity index (χ3v) is 5.24. The zero-order valence-electron chi connectivity index (χ0n) is 13.7. The molecule has 3 heteroatoms. The van der Waals surface area contributed by atoms with Crippen molar-refractivity contribution in [3.8, 4) is 0 Å². The summed E-state index contributed by atoms with van der Waals surface area (Å²) in [6.07, 6.45) is 8.12. The van der Waals surface area contributed by atoms with Crippen molar-refractivity contribution in [1.29, 1.82) is 0 Å². The average molecular weight is 300 g/mol. The standard InChI is InChI=1S/C19H28N2O/c1-2-18(19(22)20-17-10-4-3-5-11-17)21-13-12-15-8-6-7-9-16(15)14-21/h6-9,17-18H,2-5,10-14H2,1H3,(H,20,22). The van der Waals surface area contributed by atoms with Crippen LogP contribution in [0.25, 0.3) is 0 Å². The van der Waals surface area contributed by atoms with Crippen LogP contribution in [0, 0.1) is 0 Å². The van der Waals surface area contributed by atoms with Crippen molar-refractivity contribution in [2.75, 3.05) is 6.54 Å². The maximum absolute atomic E-state index is 12.7. The van der Waals surface area contributed by atoms with Crippen molar-refractivity contribution in [3.63, 3.8) is 0 Å². The number of hydrogen-bond donors (Lipinski definition) is 1. The van der Waals surface area contributed by atoms with E-state index in [-0.39, 0.29) is 11.9 Å². The van der Waals surface area contributed by atoms with Crippen LogP contribution in [-0.2, 0) is 17.8 Å². The monoisotopic (exact) mass is 300 g/mol. The van der Waals surface area contributed by atoms with Gasteiger partial charge in [0.15, 0.2) is 0 Å². The van der Waals surface area contributed by atoms with Gasteiger partial charge in [-0.3, -0.25) is 9.69 Å². The van der Waals surface area contributed by atoms with E-state index < -0.39 is 0 Å². The lowest BCUT2D eigenvalue weighted by atomic mass is 9.94. The molecule has 3 nitrogen and oxygen atoms in total. The highest BCUT2D eigenvalue weighted by Crippen LogP contribution is 2.22. The molecule has 1 aromatic carbocycles. The number of rotatable bonds is 4. The third kappa shape index (κ3) is 3.52. The number of carbonyl (C=O) groups is 1. The first-order chi connectivity index (χ1) is 10.8. The summed E-state index contributed by atoms with van der Waals surface area (Å²) < 4.78 is 0. The van der Waals surface area contributed by atoms with Gasteiger partial charge in [-0.25, -0.2) is 0 Å². The SMILES string of the molecule is CCC(C(=O)NC1CCCCC1)N1CCc2ccccc2C1. The van der Waals surface area contributed by atoms with Gasteiger partial charge in [0.25, 0.3) is 0 Å². The van der Waals surface area contributed by atoms with Crippen molar-refractivity contribution in [2.45, 2.75) is 70.5 Å². The van der Waals surface area contributed by atoms with E-state index in [2.05, 4.69) is 41.4 Å². The topological polar surface area (TPSA) is 32.3 Å². The third-order valence-electron chi connectivity index (χ3n) is 5.24. The van der Waals surface area contributed by atoms with Crippen LogP contribution in [0.2, 0.25) is 0 Å². The smallest absolute Gasteiger partial charge is 0.237 e. The average Bonchev–Trinajstić information content (AvgIpc) is 2.56. The van der Waals surface area contributed by atoms with Crippen molar-refractivity contribution >= 4 is 5.91 Å². The van der Waals surface area contributed by atoms with E-state index in [1.54, 1.807) is 0 Å². The fraction of sp³-hybridized carbons (Fsp3) is 0.632. The van der Waals surface area contributed by atoms with Crippen LogP contribution in [0.1, 0.15) is 56.6 Å². The Kier molecular flexibility index (Phi) is 5.14. The molecule has 0 aromatic heterocycles. The lowest BCUT2D eigenvalue weighted by molar-refractivity contribution is -0.128. The highest BCUT2D eigenvalue weighted by molar-refractivity contribution is 5.82. The predicted octanol–water partition coefficient (Wildman–Crippen LogP) is 3.27. The predicted molar refractivity (Wildman–Crippen MR) is 89.7 cm³/mol. The quantitative estimate of drug-likeness (QED) is 0.925. The summed E-state index contributed by atoms with van der Waals surface area (Å²) in [7, 11) is 0. The van der Waals surface area contributed by atoms with Crippen LogP contribution in [0.3, 0.4) is 0 Å². The van der Waals surface area contributed by atoms with Crippen molar-refractivity contribution in [3.05, 3.63) is 35.4 Å². The number of hydrogen-bond acceptors (Lipinski definition) is 2. The molecule has 0 radical (unpaired) electrons. The molecule has 1 amide bonds. The van der Waals surface area contributed by atoms with Crippen LogP contribution in [0.5, 0.6) is 0 Å². The van der Waals surface area contributed by atoms with Gasteiger partial charge in [0.1, 0.15) is 0 Å². The molecule has 1 fully saturated rings. The maximum Gasteiger partial charge on any atom is 0.237 e. The zero-order valence-corrected chi connectivity index (χ0v) is 13.7. The Morgan fingerprint density at radius 2 is 1.95 bits per heavy atom. The van der Waals surface area contributed by atoms with Crippen molar-refractivity contribution in [1.82, 2.24) is 10.2 Å². The molecule has 120 valence electrons. The Morgan fingerprint density at radius 3 is 2.68 bits per heavy atom. The maximum atomic E-state index is 12.7. The second-order valence-corrected chi connectivity index (χ2v) is 6.76. The number of fused-ring (bicyclic) bond motifs is 1. The number of nitrogens with zero attached hydrogens (tertiary/aromatic N) is 1. The summed E-state index contributed by atoms with van der Waals surface area (Å²) in [5, 5.41) is 3.31. The van der Waals surface area contributed by atoms with Gasteiger partial charge in [-0.1, -0.05) is 50.5 Å². The molecule has 1 aromatic rings. The Morgan fingerprint density at radius 1 is 1.23 bits per heavy atom. The van der Waals surface area contributed by atoms with Gasteiger partial charge >= 0.3 is 0 Å². The fourth-order valence-electron chi connectivity index (χ4n) is 3.94. The van der Waals surface area contributed by atoms with Gasteiger partial charge in [-0.2, -0.15) is 0 Å². The Labute approximate surface area is 134 Å². The highest BCUT2D eigenvalue weighted by Gasteiger charge is 2.28. The molecule has 1 aliphatic heterocycles. The summed E-state index contributed by atoms with van der Waals surface area (Å²) in [6.45, 7) is 4.03. The number of benzene rings is 1. The molecule has 1 saturated carbocycles. The molecule has 0 saturated heterocycles. The summed E-state index contributed by atoms with van der Waals surface area (Å²) in [4.78, 5) is 15.1. The van der Waals surface area contributed by atoms with Crippen LogP contribution in [-0.4, -0.2) is 29.4 Å². The minimum absolute atomic E-state index is 0.0234. The normalized spacial score (nSPS) is 21.1.